The zero-order valence-corrected chi connectivity index (χ0v) is 7.40. The van der Waals surface area contributed by atoms with Crippen molar-refractivity contribution in [3.63, 3.8) is 0 Å². The molecule has 2 nitrogen and oxygen atoms in total. The fourth-order valence-corrected chi connectivity index (χ4v) is 0.632. The van der Waals surface area contributed by atoms with Gasteiger partial charge in [0.05, 0.1) is 0 Å². The van der Waals surface area contributed by atoms with Crippen molar-refractivity contribution in [2.75, 3.05) is 6.54 Å². The van der Waals surface area contributed by atoms with Gasteiger partial charge in [0.1, 0.15) is 0 Å². The molecule has 0 aromatic heterocycles. The third-order valence-corrected chi connectivity index (χ3v) is 1.25. The first-order chi connectivity index (χ1) is 5.16. The molecule has 11 heavy (non-hydrogen) atoms. The molecule has 0 saturated carbocycles. The zero-order valence-electron chi connectivity index (χ0n) is 7.40. The Hall–Kier alpha value is -0.970. The molecule has 0 aromatic carbocycles. The van der Waals surface area contributed by atoms with E-state index in [1.807, 2.05) is 0 Å². The number of carbonyl (C=O) groups excluding carboxylic acids is 1. The highest BCUT2D eigenvalue weighted by Crippen LogP contribution is 1.95. The average Bonchev–Trinajstić information content (AvgIpc) is 1.87. The van der Waals surface area contributed by atoms with Gasteiger partial charge in [-0.25, -0.2) is 0 Å². The standard InChI is InChI=1S/C9H15NO/c1-4-5-9(11)10-7-6-8(2)3/h8H,6-7H2,1-3H3,(H,10,11). The van der Waals surface area contributed by atoms with Gasteiger partial charge < -0.3 is 5.32 Å². The second kappa shape index (κ2) is 5.79. The predicted octanol–water partition coefficient (Wildman–Crippen LogP) is 1.17. The first-order valence-electron chi connectivity index (χ1n) is 3.87. The molecule has 0 aromatic rings. The largest absolute Gasteiger partial charge is 0.345 e. The Bertz CT molecular complexity index is 174. The zero-order chi connectivity index (χ0) is 8.69. The third kappa shape index (κ3) is 6.92. The van der Waals surface area contributed by atoms with Crippen molar-refractivity contribution in [2.24, 2.45) is 5.92 Å². The maximum atomic E-state index is 10.7. The lowest BCUT2D eigenvalue weighted by Crippen LogP contribution is -2.23. The average molecular weight is 153 g/mol. The second-order valence-corrected chi connectivity index (χ2v) is 2.81. The van der Waals surface area contributed by atoms with Gasteiger partial charge in [0.25, 0.3) is 5.91 Å². The van der Waals surface area contributed by atoms with Crippen LogP contribution >= 0.6 is 0 Å². The van der Waals surface area contributed by atoms with Crippen molar-refractivity contribution in [1.29, 1.82) is 0 Å². The molecule has 0 aliphatic heterocycles. The molecular formula is C9H15NO. The fraction of sp³-hybridized carbons (Fsp3) is 0.667. The Morgan fingerprint density at radius 2 is 2.18 bits per heavy atom. The Kier molecular flexibility index (Phi) is 5.28. The van der Waals surface area contributed by atoms with Crippen LogP contribution in [0.2, 0.25) is 0 Å². The summed E-state index contributed by atoms with van der Waals surface area (Å²) < 4.78 is 0. The van der Waals surface area contributed by atoms with E-state index in [0.717, 1.165) is 13.0 Å². The lowest BCUT2D eigenvalue weighted by atomic mass is 10.1. The maximum Gasteiger partial charge on any atom is 0.295 e. The monoisotopic (exact) mass is 153 g/mol. The number of hydrogen-bond acceptors (Lipinski definition) is 1. The molecular weight excluding hydrogens is 138 g/mol. The number of nitrogens with one attached hydrogen (secondary N) is 1. The number of hydrogen-bond donors (Lipinski definition) is 1. The van der Waals surface area contributed by atoms with Gasteiger partial charge in [-0.15, -0.1) is 0 Å². The molecule has 0 aliphatic carbocycles. The summed E-state index contributed by atoms with van der Waals surface area (Å²) in [6.07, 6.45) is 1.01. The Labute approximate surface area is 68.4 Å². The van der Waals surface area contributed by atoms with Crippen molar-refractivity contribution in [1.82, 2.24) is 5.32 Å². The Morgan fingerprint density at radius 1 is 1.55 bits per heavy atom. The quantitative estimate of drug-likeness (QED) is 0.606. The molecule has 0 fully saturated rings. The van der Waals surface area contributed by atoms with E-state index in [2.05, 4.69) is 31.0 Å². The van der Waals surface area contributed by atoms with E-state index in [1.54, 1.807) is 6.92 Å². The van der Waals surface area contributed by atoms with Crippen LogP contribution in [0.15, 0.2) is 0 Å². The molecule has 0 spiro atoms. The molecule has 0 unspecified atom stereocenters. The third-order valence-electron chi connectivity index (χ3n) is 1.25. The molecule has 0 atom stereocenters. The van der Waals surface area contributed by atoms with E-state index in [-0.39, 0.29) is 5.91 Å². The topological polar surface area (TPSA) is 29.1 Å². The SMILES string of the molecule is CC#CC(=O)NCCC(C)C. The van der Waals surface area contributed by atoms with Crippen molar-refractivity contribution >= 4 is 5.91 Å². The first-order valence-corrected chi connectivity index (χ1v) is 3.87. The minimum absolute atomic E-state index is 0.173. The van der Waals surface area contributed by atoms with Crippen LogP contribution in [-0.4, -0.2) is 12.5 Å². The van der Waals surface area contributed by atoms with E-state index < -0.39 is 0 Å². The van der Waals surface area contributed by atoms with Crippen LogP contribution in [0.4, 0.5) is 0 Å². The molecule has 0 saturated heterocycles. The van der Waals surface area contributed by atoms with Gasteiger partial charge in [-0.05, 0) is 25.2 Å². The van der Waals surface area contributed by atoms with Crippen LogP contribution in [0.1, 0.15) is 27.2 Å². The molecule has 0 heterocycles. The molecule has 62 valence electrons. The smallest absolute Gasteiger partial charge is 0.295 e. The van der Waals surface area contributed by atoms with Gasteiger partial charge in [-0.3, -0.25) is 4.79 Å². The van der Waals surface area contributed by atoms with Gasteiger partial charge in [0.15, 0.2) is 0 Å². The molecule has 0 bridgehead atoms. The van der Waals surface area contributed by atoms with Gasteiger partial charge >= 0.3 is 0 Å². The number of rotatable bonds is 3. The highest BCUT2D eigenvalue weighted by atomic mass is 16.1. The van der Waals surface area contributed by atoms with Crippen molar-refractivity contribution in [2.45, 2.75) is 27.2 Å². The minimum Gasteiger partial charge on any atom is -0.345 e. The van der Waals surface area contributed by atoms with Crippen LogP contribution in [0.5, 0.6) is 0 Å². The lowest BCUT2D eigenvalue weighted by Gasteiger charge is -2.02. The summed E-state index contributed by atoms with van der Waals surface area (Å²) >= 11 is 0. The highest BCUT2D eigenvalue weighted by molar-refractivity contribution is 5.93. The summed E-state index contributed by atoms with van der Waals surface area (Å²) in [5.74, 6) is 5.42. The summed E-state index contributed by atoms with van der Waals surface area (Å²) in [6, 6.07) is 0. The molecule has 2 heteroatoms. The van der Waals surface area contributed by atoms with Crippen LogP contribution in [-0.2, 0) is 4.79 Å². The molecule has 1 amide bonds. The van der Waals surface area contributed by atoms with Crippen molar-refractivity contribution < 1.29 is 4.79 Å². The van der Waals surface area contributed by atoms with E-state index in [9.17, 15) is 4.79 Å². The molecule has 0 radical (unpaired) electrons. The number of amides is 1. The van der Waals surface area contributed by atoms with Gasteiger partial charge in [0, 0.05) is 6.54 Å². The Morgan fingerprint density at radius 3 is 2.64 bits per heavy atom. The Balaban J connectivity index is 3.37. The van der Waals surface area contributed by atoms with Crippen LogP contribution in [0.25, 0.3) is 0 Å². The minimum atomic E-state index is -0.173. The number of carbonyl (C=O) groups is 1. The van der Waals surface area contributed by atoms with Gasteiger partial charge in [-0.2, -0.15) is 0 Å². The normalized spacial score (nSPS) is 8.73. The molecule has 0 rings (SSSR count). The van der Waals surface area contributed by atoms with Crippen molar-refractivity contribution in [3.05, 3.63) is 0 Å². The summed E-state index contributed by atoms with van der Waals surface area (Å²) in [6.45, 7) is 6.63. The first kappa shape index (κ1) is 10.0. The summed E-state index contributed by atoms with van der Waals surface area (Å²) in [5.41, 5.74) is 0. The lowest BCUT2D eigenvalue weighted by molar-refractivity contribution is -0.115. The maximum absolute atomic E-state index is 10.7. The molecule has 1 N–H and O–H groups in total. The highest BCUT2D eigenvalue weighted by Gasteiger charge is 1.95. The summed E-state index contributed by atoms with van der Waals surface area (Å²) in [7, 11) is 0. The van der Waals surface area contributed by atoms with E-state index in [0.29, 0.717) is 5.92 Å². The van der Waals surface area contributed by atoms with Crippen molar-refractivity contribution in [3.8, 4) is 11.8 Å². The summed E-state index contributed by atoms with van der Waals surface area (Å²) in [4.78, 5) is 10.7. The van der Waals surface area contributed by atoms with E-state index >= 15 is 0 Å². The predicted molar refractivity (Wildman–Crippen MR) is 45.9 cm³/mol. The van der Waals surface area contributed by atoms with E-state index in [1.165, 1.54) is 0 Å². The fourth-order valence-electron chi connectivity index (χ4n) is 0.632. The van der Waals surface area contributed by atoms with E-state index in [4.69, 9.17) is 0 Å². The second-order valence-electron chi connectivity index (χ2n) is 2.81. The van der Waals surface area contributed by atoms with Gasteiger partial charge in [-0.1, -0.05) is 19.8 Å². The summed E-state index contributed by atoms with van der Waals surface area (Å²) in [5, 5.41) is 2.70. The van der Waals surface area contributed by atoms with Crippen LogP contribution < -0.4 is 5.32 Å². The molecule has 0 aliphatic rings. The van der Waals surface area contributed by atoms with Crippen LogP contribution in [0.3, 0.4) is 0 Å². The van der Waals surface area contributed by atoms with Gasteiger partial charge in [0.2, 0.25) is 0 Å². The van der Waals surface area contributed by atoms with Crippen LogP contribution in [0, 0.1) is 17.8 Å².